The van der Waals surface area contributed by atoms with Gasteiger partial charge in [0.05, 0.1) is 35.5 Å². The molecule has 1 aliphatic heterocycles. The van der Waals surface area contributed by atoms with Crippen molar-refractivity contribution in [3.63, 3.8) is 0 Å². The molecule has 2 saturated carbocycles. The van der Waals surface area contributed by atoms with Gasteiger partial charge < -0.3 is 15.5 Å². The van der Waals surface area contributed by atoms with Crippen LogP contribution in [0.15, 0.2) is 36.5 Å². The lowest BCUT2D eigenvalue weighted by Crippen LogP contribution is -2.46. The Morgan fingerprint density at radius 2 is 1.97 bits per heavy atom. The standard InChI is InChI=1S/C22H19FN4O2/c23-14-2-1-9(5-10(14)7-24)20-19-12-6-11(21(28)22(12)29)18(19)17-13-8-25-27-15(13)3-4-16(17)26-20/h1-5,8,11-12,18-22,26,28-29H,6H2,(H,25,27)/t11-,12?,18-,19-,20+,21?,22?/m1/s1. The fourth-order valence-electron chi connectivity index (χ4n) is 6.17. The lowest BCUT2D eigenvalue weighted by Gasteiger charge is -2.46. The first-order valence-corrected chi connectivity index (χ1v) is 9.86. The van der Waals surface area contributed by atoms with E-state index in [4.69, 9.17) is 0 Å². The molecule has 2 heterocycles. The van der Waals surface area contributed by atoms with Gasteiger partial charge in [-0.3, -0.25) is 5.10 Å². The Labute approximate surface area is 166 Å². The van der Waals surface area contributed by atoms with Crippen LogP contribution in [-0.2, 0) is 0 Å². The number of rotatable bonds is 1. The zero-order valence-corrected chi connectivity index (χ0v) is 15.4. The van der Waals surface area contributed by atoms with E-state index in [9.17, 15) is 19.9 Å². The van der Waals surface area contributed by atoms with E-state index >= 15 is 0 Å². The van der Waals surface area contributed by atoms with Crippen molar-refractivity contribution in [3.05, 3.63) is 59.0 Å². The number of aliphatic hydroxyl groups is 2. The van der Waals surface area contributed by atoms with Crippen LogP contribution < -0.4 is 5.32 Å². The number of anilines is 1. The molecule has 0 spiro atoms. The number of aromatic amines is 1. The first kappa shape index (κ1) is 17.0. The summed E-state index contributed by atoms with van der Waals surface area (Å²) in [6.45, 7) is 0. The van der Waals surface area contributed by atoms with Gasteiger partial charge in [-0.25, -0.2) is 4.39 Å². The first-order valence-electron chi connectivity index (χ1n) is 9.86. The molecular formula is C22H19FN4O2. The monoisotopic (exact) mass is 390 g/mol. The maximum absolute atomic E-state index is 13.9. The summed E-state index contributed by atoms with van der Waals surface area (Å²) in [5.74, 6) is -0.560. The molecule has 7 atom stereocenters. The van der Waals surface area contributed by atoms with E-state index in [2.05, 4.69) is 15.5 Å². The van der Waals surface area contributed by atoms with Crippen molar-refractivity contribution >= 4 is 16.6 Å². The number of benzene rings is 2. The second-order valence-corrected chi connectivity index (χ2v) is 8.48. The second-order valence-electron chi connectivity index (χ2n) is 8.48. The Balaban J connectivity index is 1.56. The average molecular weight is 390 g/mol. The quantitative estimate of drug-likeness (QED) is 0.511. The van der Waals surface area contributed by atoms with Crippen molar-refractivity contribution in [1.29, 1.82) is 5.26 Å². The van der Waals surface area contributed by atoms with Crippen LogP contribution in [0.4, 0.5) is 10.1 Å². The minimum absolute atomic E-state index is 0.0145. The molecule has 2 fully saturated rings. The molecule has 3 unspecified atom stereocenters. The zero-order valence-electron chi connectivity index (χ0n) is 15.4. The molecule has 4 N–H and O–H groups in total. The van der Waals surface area contributed by atoms with Crippen LogP contribution in [0.2, 0.25) is 0 Å². The molecule has 3 aliphatic rings. The van der Waals surface area contributed by atoms with E-state index in [1.54, 1.807) is 12.1 Å². The van der Waals surface area contributed by atoms with Crippen molar-refractivity contribution in [2.24, 2.45) is 17.8 Å². The van der Waals surface area contributed by atoms with Crippen molar-refractivity contribution in [2.75, 3.05) is 5.32 Å². The van der Waals surface area contributed by atoms with Gasteiger partial charge >= 0.3 is 0 Å². The van der Waals surface area contributed by atoms with E-state index in [-0.39, 0.29) is 35.3 Å². The number of aromatic nitrogens is 2. The van der Waals surface area contributed by atoms with Crippen LogP contribution in [-0.4, -0.2) is 32.6 Å². The van der Waals surface area contributed by atoms with Gasteiger partial charge in [-0.2, -0.15) is 10.4 Å². The molecular weight excluding hydrogens is 371 g/mol. The van der Waals surface area contributed by atoms with Gasteiger partial charge in [0, 0.05) is 11.1 Å². The summed E-state index contributed by atoms with van der Waals surface area (Å²) in [6.07, 6.45) is 1.04. The Bertz CT molecular complexity index is 1190. The fourth-order valence-corrected chi connectivity index (χ4v) is 6.17. The van der Waals surface area contributed by atoms with E-state index in [1.165, 1.54) is 6.07 Å². The maximum atomic E-state index is 13.9. The summed E-state index contributed by atoms with van der Waals surface area (Å²) in [5.41, 5.74) is 3.86. The number of fused-ring (bicyclic) bond motifs is 9. The highest BCUT2D eigenvalue weighted by molar-refractivity contribution is 5.88. The third-order valence-corrected chi connectivity index (χ3v) is 7.31. The van der Waals surface area contributed by atoms with Gasteiger partial charge in [-0.1, -0.05) is 6.07 Å². The van der Waals surface area contributed by atoms with E-state index in [0.717, 1.165) is 34.1 Å². The zero-order chi connectivity index (χ0) is 19.9. The van der Waals surface area contributed by atoms with Crippen LogP contribution >= 0.6 is 0 Å². The normalized spacial score (nSPS) is 34.5. The molecule has 0 radical (unpaired) electrons. The van der Waals surface area contributed by atoms with Crippen LogP contribution in [0.5, 0.6) is 0 Å². The fraction of sp³-hybridized carbons (Fsp3) is 0.364. The van der Waals surface area contributed by atoms with Gasteiger partial charge in [0.15, 0.2) is 0 Å². The first-order chi connectivity index (χ1) is 14.1. The summed E-state index contributed by atoms with van der Waals surface area (Å²) >= 11 is 0. The van der Waals surface area contributed by atoms with Gasteiger partial charge in [-0.05, 0) is 65.5 Å². The largest absolute Gasteiger partial charge is 0.390 e. The van der Waals surface area contributed by atoms with Gasteiger partial charge in [0.25, 0.3) is 0 Å². The lowest BCUT2D eigenvalue weighted by molar-refractivity contribution is -0.0465. The number of halogens is 1. The Morgan fingerprint density at radius 3 is 2.79 bits per heavy atom. The maximum Gasteiger partial charge on any atom is 0.140 e. The number of hydrogen-bond donors (Lipinski definition) is 4. The minimum atomic E-state index is -0.772. The molecule has 146 valence electrons. The third kappa shape index (κ3) is 2.13. The number of H-pyrrole nitrogens is 1. The van der Waals surface area contributed by atoms with E-state index in [0.29, 0.717) is 0 Å². The molecule has 2 bridgehead atoms. The predicted molar refractivity (Wildman–Crippen MR) is 103 cm³/mol. The number of nitriles is 1. The van der Waals surface area contributed by atoms with Crippen molar-refractivity contribution in [3.8, 4) is 6.07 Å². The average Bonchev–Trinajstić information content (AvgIpc) is 3.43. The molecule has 29 heavy (non-hydrogen) atoms. The molecule has 3 aromatic rings. The smallest absolute Gasteiger partial charge is 0.140 e. The van der Waals surface area contributed by atoms with E-state index in [1.807, 2.05) is 24.4 Å². The van der Waals surface area contributed by atoms with Crippen LogP contribution in [0.1, 0.15) is 35.1 Å². The van der Waals surface area contributed by atoms with Crippen molar-refractivity contribution < 1.29 is 14.6 Å². The summed E-state index contributed by atoms with van der Waals surface area (Å²) in [5, 5.41) is 42.4. The summed E-state index contributed by atoms with van der Waals surface area (Å²) < 4.78 is 13.9. The molecule has 0 saturated heterocycles. The van der Waals surface area contributed by atoms with Gasteiger partial charge in [-0.15, -0.1) is 0 Å². The Kier molecular flexibility index (Phi) is 3.38. The second kappa shape index (κ2) is 5.78. The molecule has 6 rings (SSSR count). The number of aliphatic hydroxyl groups excluding tert-OH is 2. The Hall–Kier alpha value is -2.95. The molecule has 6 nitrogen and oxygen atoms in total. The minimum Gasteiger partial charge on any atom is -0.390 e. The highest BCUT2D eigenvalue weighted by Crippen LogP contribution is 2.64. The molecule has 1 aromatic heterocycles. The van der Waals surface area contributed by atoms with Crippen molar-refractivity contribution in [2.45, 2.75) is 30.6 Å². The molecule has 2 aromatic carbocycles. The number of nitrogens with zero attached hydrogens (tertiary/aromatic N) is 2. The van der Waals surface area contributed by atoms with Crippen LogP contribution in [0.3, 0.4) is 0 Å². The summed E-state index contributed by atoms with van der Waals surface area (Å²) in [4.78, 5) is 0. The summed E-state index contributed by atoms with van der Waals surface area (Å²) in [6, 6.07) is 10.3. The molecule has 0 amide bonds. The van der Waals surface area contributed by atoms with Crippen LogP contribution in [0.25, 0.3) is 10.9 Å². The van der Waals surface area contributed by atoms with Crippen LogP contribution in [0, 0.1) is 34.9 Å². The van der Waals surface area contributed by atoms with Gasteiger partial charge in [0.1, 0.15) is 11.9 Å². The highest BCUT2D eigenvalue weighted by Gasteiger charge is 2.61. The SMILES string of the molecule is N#Cc1cc([C@@H]2Nc3ccc4[nH]ncc4c3[C@@H]3[C@H]2C2C[C@H]3C(O)C2O)ccc1F. The number of hydrogen-bond acceptors (Lipinski definition) is 5. The number of nitrogens with one attached hydrogen (secondary N) is 2. The summed E-state index contributed by atoms with van der Waals surface area (Å²) in [7, 11) is 0. The third-order valence-electron chi connectivity index (χ3n) is 7.31. The molecule has 7 heteroatoms. The van der Waals surface area contributed by atoms with Crippen molar-refractivity contribution in [1.82, 2.24) is 10.2 Å². The Morgan fingerprint density at radius 1 is 1.14 bits per heavy atom. The highest BCUT2D eigenvalue weighted by atomic mass is 19.1. The lowest BCUT2D eigenvalue weighted by atomic mass is 9.66. The predicted octanol–water partition coefficient (Wildman–Crippen LogP) is 2.81. The van der Waals surface area contributed by atoms with E-state index < -0.39 is 18.0 Å². The molecule has 2 aliphatic carbocycles. The topological polar surface area (TPSA) is 105 Å². The van der Waals surface area contributed by atoms with Gasteiger partial charge in [0.2, 0.25) is 0 Å².